The van der Waals surface area contributed by atoms with Crippen molar-refractivity contribution in [2.45, 2.75) is 104 Å². The maximum absolute atomic E-state index is 2.48. The topological polar surface area (TPSA) is 0 Å². The largest absolute Gasteiger partial charge is 0.0654 e. The second-order valence-electron chi connectivity index (χ2n) is 9.20. The van der Waals surface area contributed by atoms with Crippen LogP contribution >= 0.6 is 0 Å². The van der Waals surface area contributed by atoms with Gasteiger partial charge in [0.05, 0.1) is 0 Å². The highest BCUT2D eigenvalue weighted by Crippen LogP contribution is 2.57. The summed E-state index contributed by atoms with van der Waals surface area (Å²) in [4.78, 5) is 0. The zero-order chi connectivity index (χ0) is 17.6. The predicted molar refractivity (Wildman–Crippen MR) is 110 cm³/mol. The number of rotatable bonds is 10. The van der Waals surface area contributed by atoms with Crippen LogP contribution in [0.25, 0.3) is 0 Å². The van der Waals surface area contributed by atoms with Crippen molar-refractivity contribution >= 4 is 0 Å². The summed E-state index contributed by atoms with van der Waals surface area (Å²) >= 11 is 0. The summed E-state index contributed by atoms with van der Waals surface area (Å²) in [6.45, 7) is 6.82. The second kappa shape index (κ2) is 9.24. The van der Waals surface area contributed by atoms with Gasteiger partial charge in [-0.1, -0.05) is 82.9 Å². The zero-order valence-electron chi connectivity index (χ0n) is 17.0. The number of fused-ring (bicyclic) bond motifs is 2. The van der Waals surface area contributed by atoms with E-state index in [1.807, 2.05) is 0 Å². The molecule has 0 aromatic heterocycles. The van der Waals surface area contributed by atoms with Crippen molar-refractivity contribution in [2.24, 2.45) is 17.8 Å². The van der Waals surface area contributed by atoms with Crippen LogP contribution in [0.15, 0.2) is 18.2 Å². The third kappa shape index (κ3) is 4.89. The molecule has 3 rings (SSSR count). The van der Waals surface area contributed by atoms with E-state index in [2.05, 4.69) is 39.0 Å². The minimum atomic E-state index is 0.874. The Bertz CT molecular complexity index is 529. The molecule has 0 heterocycles. The maximum Gasteiger partial charge on any atom is -0.0131 e. The van der Waals surface area contributed by atoms with E-state index < -0.39 is 0 Å². The molecule has 0 heteroatoms. The van der Waals surface area contributed by atoms with Crippen LogP contribution in [0.3, 0.4) is 0 Å². The van der Waals surface area contributed by atoms with Crippen molar-refractivity contribution in [1.29, 1.82) is 0 Å². The number of aryl methyl sites for hydroxylation is 2. The molecule has 25 heavy (non-hydrogen) atoms. The molecule has 0 nitrogen and oxygen atoms in total. The molecular formula is C25H40. The summed E-state index contributed by atoms with van der Waals surface area (Å²) in [5.74, 6) is 3.97. The van der Waals surface area contributed by atoms with Gasteiger partial charge in [-0.15, -0.1) is 0 Å². The first-order valence-corrected chi connectivity index (χ1v) is 11.3. The highest BCUT2D eigenvalue weighted by atomic mass is 14.5. The Hall–Kier alpha value is -0.780. The number of unbranched alkanes of at least 4 members (excludes halogenated alkanes) is 7. The number of hydrogen-bond donors (Lipinski definition) is 0. The summed E-state index contributed by atoms with van der Waals surface area (Å²) in [5.41, 5.74) is 4.57. The molecule has 0 spiro atoms. The lowest BCUT2D eigenvalue weighted by Crippen LogP contribution is -2.16. The molecule has 2 aliphatic rings. The molecule has 0 N–H and O–H groups in total. The Morgan fingerprint density at radius 3 is 2.12 bits per heavy atom. The lowest BCUT2D eigenvalue weighted by molar-refractivity contribution is 0.282. The Kier molecular flexibility index (Phi) is 7.02. The molecule has 2 fully saturated rings. The summed E-state index contributed by atoms with van der Waals surface area (Å²) in [6, 6.07) is 7.24. The molecule has 2 aliphatic carbocycles. The van der Waals surface area contributed by atoms with Gasteiger partial charge in [-0.05, 0) is 73.5 Å². The third-order valence-electron chi connectivity index (χ3n) is 7.39. The van der Waals surface area contributed by atoms with Crippen molar-refractivity contribution in [1.82, 2.24) is 0 Å². The molecule has 140 valence electrons. The smallest absolute Gasteiger partial charge is 0.0131 e. The van der Waals surface area contributed by atoms with Gasteiger partial charge in [0, 0.05) is 0 Å². The highest BCUT2D eigenvalue weighted by molar-refractivity contribution is 5.33. The van der Waals surface area contributed by atoms with Crippen molar-refractivity contribution < 1.29 is 0 Å². The van der Waals surface area contributed by atoms with E-state index in [0.29, 0.717) is 0 Å². The molecule has 0 amide bonds. The SMILES string of the molecule is CCCCCCCCCCC1CC2CC1CC2c1ccc(C)c(C)c1. The molecule has 0 aliphatic heterocycles. The Morgan fingerprint density at radius 1 is 0.760 bits per heavy atom. The van der Waals surface area contributed by atoms with E-state index in [1.54, 1.807) is 5.56 Å². The van der Waals surface area contributed by atoms with Crippen molar-refractivity contribution in [3.05, 3.63) is 34.9 Å². The van der Waals surface area contributed by atoms with E-state index in [0.717, 1.165) is 23.7 Å². The third-order valence-corrected chi connectivity index (χ3v) is 7.39. The van der Waals surface area contributed by atoms with Crippen LogP contribution in [0, 0.1) is 31.6 Å². The Balaban J connectivity index is 1.35. The molecule has 0 radical (unpaired) electrons. The first kappa shape index (κ1) is 19.0. The van der Waals surface area contributed by atoms with Gasteiger partial charge in [0.25, 0.3) is 0 Å². The van der Waals surface area contributed by atoms with Crippen LogP contribution in [-0.2, 0) is 0 Å². The fraction of sp³-hybridized carbons (Fsp3) is 0.760. The lowest BCUT2D eigenvalue weighted by atomic mass is 9.76. The monoisotopic (exact) mass is 340 g/mol. The molecule has 4 unspecified atom stereocenters. The van der Waals surface area contributed by atoms with E-state index in [9.17, 15) is 0 Å². The fourth-order valence-electron chi connectivity index (χ4n) is 5.69. The summed E-state index contributed by atoms with van der Waals surface area (Å²) in [7, 11) is 0. The van der Waals surface area contributed by atoms with Crippen LogP contribution in [0.1, 0.15) is 107 Å². The summed E-state index contributed by atoms with van der Waals surface area (Å²) in [6.07, 6.45) is 17.7. The molecule has 1 aromatic carbocycles. The Labute approximate surface area is 156 Å². The molecule has 2 saturated carbocycles. The van der Waals surface area contributed by atoms with Gasteiger partial charge in [-0.25, -0.2) is 0 Å². The predicted octanol–water partition coefficient (Wildman–Crippen LogP) is 7.96. The van der Waals surface area contributed by atoms with Gasteiger partial charge in [0.15, 0.2) is 0 Å². The van der Waals surface area contributed by atoms with Crippen LogP contribution < -0.4 is 0 Å². The van der Waals surface area contributed by atoms with Crippen molar-refractivity contribution in [3.63, 3.8) is 0 Å². The van der Waals surface area contributed by atoms with Crippen LogP contribution in [0.5, 0.6) is 0 Å². The first-order chi connectivity index (χ1) is 12.2. The molecule has 2 bridgehead atoms. The van der Waals surface area contributed by atoms with E-state index in [1.165, 1.54) is 88.2 Å². The van der Waals surface area contributed by atoms with Crippen molar-refractivity contribution in [3.8, 4) is 0 Å². The molecule has 1 aromatic rings. The second-order valence-corrected chi connectivity index (χ2v) is 9.20. The van der Waals surface area contributed by atoms with Gasteiger partial charge in [0.1, 0.15) is 0 Å². The molecular weight excluding hydrogens is 300 g/mol. The van der Waals surface area contributed by atoms with Crippen molar-refractivity contribution in [2.75, 3.05) is 0 Å². The zero-order valence-corrected chi connectivity index (χ0v) is 17.0. The summed E-state index contributed by atoms with van der Waals surface area (Å²) < 4.78 is 0. The lowest BCUT2D eigenvalue weighted by Gasteiger charge is -2.28. The normalized spacial score (nSPS) is 28.0. The Morgan fingerprint density at radius 2 is 1.48 bits per heavy atom. The number of hydrogen-bond acceptors (Lipinski definition) is 0. The van der Waals surface area contributed by atoms with E-state index in [4.69, 9.17) is 0 Å². The van der Waals surface area contributed by atoms with Crippen LogP contribution in [-0.4, -0.2) is 0 Å². The van der Waals surface area contributed by atoms with Gasteiger partial charge in [-0.2, -0.15) is 0 Å². The van der Waals surface area contributed by atoms with Gasteiger partial charge >= 0.3 is 0 Å². The average molecular weight is 341 g/mol. The average Bonchev–Trinajstić information content (AvgIpc) is 3.20. The van der Waals surface area contributed by atoms with Gasteiger partial charge in [0.2, 0.25) is 0 Å². The van der Waals surface area contributed by atoms with E-state index in [-0.39, 0.29) is 0 Å². The molecule has 0 saturated heterocycles. The minimum absolute atomic E-state index is 0.874. The fourth-order valence-corrected chi connectivity index (χ4v) is 5.69. The van der Waals surface area contributed by atoms with Gasteiger partial charge in [-0.3, -0.25) is 0 Å². The number of benzene rings is 1. The summed E-state index contributed by atoms with van der Waals surface area (Å²) in [5, 5.41) is 0. The molecule has 4 atom stereocenters. The standard InChI is InChI=1S/C25H40/c1-4-5-6-7-8-9-10-11-12-21-16-24-17-23(21)18-25(24)22-14-13-19(2)20(3)15-22/h13-15,21,23-25H,4-12,16-18H2,1-3H3. The van der Waals surface area contributed by atoms with Crippen LogP contribution in [0.2, 0.25) is 0 Å². The quantitative estimate of drug-likeness (QED) is 0.379. The highest BCUT2D eigenvalue weighted by Gasteiger charge is 2.45. The van der Waals surface area contributed by atoms with Crippen LogP contribution in [0.4, 0.5) is 0 Å². The first-order valence-electron chi connectivity index (χ1n) is 11.3. The van der Waals surface area contributed by atoms with Gasteiger partial charge < -0.3 is 0 Å². The van der Waals surface area contributed by atoms with E-state index >= 15 is 0 Å². The minimum Gasteiger partial charge on any atom is -0.0654 e. The maximum atomic E-state index is 2.48.